The molecule has 4 heteroatoms. The molecule has 0 spiro atoms. The van der Waals surface area contributed by atoms with E-state index in [-0.39, 0.29) is 5.91 Å². The molecule has 1 N–H and O–H groups in total. The zero-order chi connectivity index (χ0) is 13.9. The summed E-state index contributed by atoms with van der Waals surface area (Å²) in [7, 11) is 0. The topological polar surface area (TPSA) is 49.0 Å². The van der Waals surface area contributed by atoms with Crippen LogP contribution in [0.1, 0.15) is 48.2 Å². The van der Waals surface area contributed by atoms with Crippen molar-refractivity contribution in [3.8, 4) is 0 Å². The Labute approximate surface area is 119 Å². The fraction of sp³-hybridized carbons (Fsp3) is 0.500. The number of aromatic nitrogens is 2. The standard InChI is InChI=1S/C16H21N3O/c1-12-7-8-14-13(11-12)15(18-17-14)16(20)19-9-5-3-2-4-6-10-19/h7-8,11H,2-6,9-10H2,1H3,(H,17,18). The number of amides is 1. The highest BCUT2D eigenvalue weighted by Gasteiger charge is 2.21. The number of fused-ring (bicyclic) bond motifs is 1. The summed E-state index contributed by atoms with van der Waals surface area (Å²) in [6.07, 6.45) is 5.96. The number of likely N-dealkylation sites (tertiary alicyclic amines) is 1. The lowest BCUT2D eigenvalue weighted by molar-refractivity contribution is 0.0738. The van der Waals surface area contributed by atoms with Gasteiger partial charge in [-0.05, 0) is 31.9 Å². The normalized spacial score (nSPS) is 16.9. The summed E-state index contributed by atoms with van der Waals surface area (Å²) in [6.45, 7) is 3.76. The Bertz CT molecular complexity index is 609. The maximum absolute atomic E-state index is 12.7. The van der Waals surface area contributed by atoms with Crippen LogP contribution in [-0.4, -0.2) is 34.1 Å². The molecule has 0 radical (unpaired) electrons. The molecule has 2 heterocycles. The summed E-state index contributed by atoms with van der Waals surface area (Å²) < 4.78 is 0. The van der Waals surface area contributed by atoms with E-state index in [0.29, 0.717) is 5.69 Å². The van der Waals surface area contributed by atoms with E-state index in [1.54, 1.807) is 0 Å². The first-order chi connectivity index (χ1) is 9.75. The van der Waals surface area contributed by atoms with Crippen LogP contribution in [-0.2, 0) is 0 Å². The minimum atomic E-state index is 0.0729. The van der Waals surface area contributed by atoms with Crippen molar-refractivity contribution in [1.29, 1.82) is 0 Å². The average molecular weight is 271 g/mol. The number of carbonyl (C=O) groups is 1. The summed E-state index contributed by atoms with van der Waals surface area (Å²) in [6, 6.07) is 6.06. The van der Waals surface area contributed by atoms with Crippen LogP contribution in [0.2, 0.25) is 0 Å². The van der Waals surface area contributed by atoms with E-state index >= 15 is 0 Å². The van der Waals surface area contributed by atoms with Crippen molar-refractivity contribution in [1.82, 2.24) is 15.1 Å². The Hall–Kier alpha value is -1.84. The van der Waals surface area contributed by atoms with E-state index in [1.165, 1.54) is 19.3 Å². The monoisotopic (exact) mass is 271 g/mol. The number of aromatic amines is 1. The fourth-order valence-electron chi connectivity index (χ4n) is 2.89. The number of carbonyl (C=O) groups excluding carboxylic acids is 1. The van der Waals surface area contributed by atoms with Gasteiger partial charge in [-0.1, -0.05) is 30.9 Å². The molecule has 1 aliphatic heterocycles. The van der Waals surface area contributed by atoms with Crippen molar-refractivity contribution in [2.45, 2.75) is 39.0 Å². The Kier molecular flexibility index (Phi) is 3.72. The van der Waals surface area contributed by atoms with Gasteiger partial charge in [-0.2, -0.15) is 5.10 Å². The zero-order valence-corrected chi connectivity index (χ0v) is 12.0. The van der Waals surface area contributed by atoms with Gasteiger partial charge < -0.3 is 4.90 Å². The van der Waals surface area contributed by atoms with Gasteiger partial charge in [0.25, 0.3) is 5.91 Å². The van der Waals surface area contributed by atoms with E-state index in [1.807, 2.05) is 30.0 Å². The number of benzene rings is 1. The summed E-state index contributed by atoms with van der Waals surface area (Å²) in [5, 5.41) is 8.16. The summed E-state index contributed by atoms with van der Waals surface area (Å²) >= 11 is 0. The summed E-state index contributed by atoms with van der Waals surface area (Å²) in [4.78, 5) is 14.7. The van der Waals surface area contributed by atoms with E-state index in [0.717, 1.165) is 42.4 Å². The molecule has 2 aromatic rings. The van der Waals surface area contributed by atoms with E-state index in [2.05, 4.69) is 10.2 Å². The number of rotatable bonds is 1. The quantitative estimate of drug-likeness (QED) is 0.865. The van der Waals surface area contributed by atoms with Crippen LogP contribution in [0.3, 0.4) is 0 Å². The van der Waals surface area contributed by atoms with Crippen molar-refractivity contribution in [3.05, 3.63) is 29.5 Å². The number of nitrogens with zero attached hydrogens (tertiary/aromatic N) is 2. The van der Waals surface area contributed by atoms with Crippen LogP contribution in [0.4, 0.5) is 0 Å². The van der Waals surface area contributed by atoms with Crippen LogP contribution in [0.5, 0.6) is 0 Å². The van der Waals surface area contributed by atoms with Gasteiger partial charge in [0.1, 0.15) is 0 Å². The van der Waals surface area contributed by atoms with Gasteiger partial charge >= 0.3 is 0 Å². The Morgan fingerprint density at radius 1 is 1.15 bits per heavy atom. The number of aryl methyl sites for hydroxylation is 1. The molecule has 1 aromatic carbocycles. The Balaban J connectivity index is 1.89. The minimum Gasteiger partial charge on any atom is -0.337 e. The molecule has 3 rings (SSSR count). The van der Waals surface area contributed by atoms with Crippen molar-refractivity contribution in [3.63, 3.8) is 0 Å². The third-order valence-electron chi connectivity index (χ3n) is 4.06. The molecule has 20 heavy (non-hydrogen) atoms. The van der Waals surface area contributed by atoms with Gasteiger partial charge in [-0.3, -0.25) is 9.89 Å². The van der Waals surface area contributed by atoms with Gasteiger partial charge in [0.05, 0.1) is 5.52 Å². The van der Waals surface area contributed by atoms with E-state index in [9.17, 15) is 4.79 Å². The first kappa shape index (κ1) is 13.2. The van der Waals surface area contributed by atoms with Crippen LogP contribution in [0.15, 0.2) is 18.2 Å². The molecule has 0 aliphatic carbocycles. The van der Waals surface area contributed by atoms with Gasteiger partial charge in [0.2, 0.25) is 0 Å². The second-order valence-corrected chi connectivity index (χ2v) is 5.68. The summed E-state index contributed by atoms with van der Waals surface area (Å²) in [5.41, 5.74) is 2.66. The van der Waals surface area contributed by atoms with Gasteiger partial charge in [-0.15, -0.1) is 0 Å². The highest BCUT2D eigenvalue weighted by Crippen LogP contribution is 2.20. The molecular weight excluding hydrogens is 250 g/mol. The molecule has 4 nitrogen and oxygen atoms in total. The molecular formula is C16H21N3O. The predicted octanol–water partition coefficient (Wildman–Crippen LogP) is 3.28. The smallest absolute Gasteiger partial charge is 0.274 e. The second-order valence-electron chi connectivity index (χ2n) is 5.68. The van der Waals surface area contributed by atoms with Crippen molar-refractivity contribution >= 4 is 16.8 Å². The van der Waals surface area contributed by atoms with Gasteiger partial charge in [0.15, 0.2) is 5.69 Å². The Morgan fingerprint density at radius 2 is 1.85 bits per heavy atom. The lowest BCUT2D eigenvalue weighted by atomic mass is 10.1. The molecule has 1 saturated heterocycles. The first-order valence-electron chi connectivity index (χ1n) is 7.50. The highest BCUT2D eigenvalue weighted by molar-refractivity contribution is 6.04. The molecule has 0 atom stereocenters. The second kappa shape index (κ2) is 5.65. The maximum atomic E-state index is 12.7. The molecule has 0 saturated carbocycles. The average Bonchev–Trinajstić information content (AvgIpc) is 2.80. The molecule has 1 aliphatic rings. The van der Waals surface area contributed by atoms with Crippen molar-refractivity contribution < 1.29 is 4.79 Å². The van der Waals surface area contributed by atoms with Crippen LogP contribution < -0.4 is 0 Å². The molecule has 0 bridgehead atoms. The lowest BCUT2D eigenvalue weighted by Crippen LogP contribution is -2.34. The molecule has 1 aromatic heterocycles. The minimum absolute atomic E-state index is 0.0729. The van der Waals surface area contributed by atoms with Crippen LogP contribution in [0, 0.1) is 6.92 Å². The number of hydrogen-bond acceptors (Lipinski definition) is 2. The zero-order valence-electron chi connectivity index (χ0n) is 12.0. The van der Waals surface area contributed by atoms with E-state index < -0.39 is 0 Å². The van der Waals surface area contributed by atoms with Crippen LogP contribution >= 0.6 is 0 Å². The third kappa shape index (κ3) is 2.55. The Morgan fingerprint density at radius 3 is 2.60 bits per heavy atom. The number of hydrogen-bond donors (Lipinski definition) is 1. The predicted molar refractivity (Wildman–Crippen MR) is 79.8 cm³/mol. The molecule has 106 valence electrons. The first-order valence-corrected chi connectivity index (χ1v) is 7.50. The van der Waals surface area contributed by atoms with Crippen molar-refractivity contribution in [2.24, 2.45) is 0 Å². The van der Waals surface area contributed by atoms with Crippen molar-refractivity contribution in [2.75, 3.05) is 13.1 Å². The maximum Gasteiger partial charge on any atom is 0.274 e. The largest absolute Gasteiger partial charge is 0.337 e. The SMILES string of the molecule is Cc1ccc2[nH]nc(C(=O)N3CCCCCCC3)c2c1. The van der Waals surface area contributed by atoms with Gasteiger partial charge in [-0.25, -0.2) is 0 Å². The molecule has 0 unspecified atom stereocenters. The third-order valence-corrected chi connectivity index (χ3v) is 4.06. The fourth-order valence-corrected chi connectivity index (χ4v) is 2.89. The summed E-state index contributed by atoms with van der Waals surface area (Å²) in [5.74, 6) is 0.0729. The van der Waals surface area contributed by atoms with E-state index in [4.69, 9.17) is 0 Å². The van der Waals surface area contributed by atoms with Gasteiger partial charge in [0, 0.05) is 18.5 Å². The molecule has 1 fully saturated rings. The number of nitrogens with one attached hydrogen (secondary N) is 1. The molecule has 1 amide bonds. The number of H-pyrrole nitrogens is 1. The van der Waals surface area contributed by atoms with Crippen LogP contribution in [0.25, 0.3) is 10.9 Å². The lowest BCUT2D eigenvalue weighted by Gasteiger charge is -2.24. The highest BCUT2D eigenvalue weighted by atomic mass is 16.2.